The number of hydrogen-bond donors (Lipinski definition) is 1. The Morgan fingerprint density at radius 3 is 2.67 bits per heavy atom. The van der Waals surface area contributed by atoms with Crippen LogP contribution in [-0.4, -0.2) is 9.46 Å². The molecule has 3 atom stereocenters. The van der Waals surface area contributed by atoms with Crippen LogP contribution < -0.4 is 5.73 Å². The van der Waals surface area contributed by atoms with E-state index in [4.69, 9.17) is 5.73 Å². The zero-order chi connectivity index (χ0) is 14.8. The number of aryl methyl sites for hydroxylation is 2. The first-order valence-corrected chi connectivity index (χ1v) is 8.80. The normalized spacial score (nSPS) is 22.6. The van der Waals surface area contributed by atoms with E-state index >= 15 is 0 Å². The van der Waals surface area contributed by atoms with Crippen molar-refractivity contribution in [1.82, 2.24) is 0 Å². The van der Waals surface area contributed by atoms with Gasteiger partial charge in [0, 0.05) is 22.6 Å². The molecule has 0 radical (unpaired) electrons. The molecule has 2 nitrogen and oxygen atoms in total. The maximum absolute atomic E-state index is 12.8. The average Bonchev–Trinajstić information content (AvgIpc) is 2.50. The van der Waals surface area contributed by atoms with Crippen molar-refractivity contribution in [3.8, 4) is 0 Å². The minimum absolute atomic E-state index is 0.0551. The minimum atomic E-state index is -0.930. The molecule has 21 heavy (non-hydrogen) atoms. The second kappa shape index (κ2) is 6.12. The molecule has 0 bridgehead atoms. The lowest BCUT2D eigenvalue weighted by Crippen LogP contribution is -2.35. The molecule has 0 spiro atoms. The zero-order valence-corrected chi connectivity index (χ0v) is 13.1. The SMILES string of the molecule is Cc1ccccc1CS(=O)C1CCc2ccccc2C1N. The minimum Gasteiger partial charge on any atom is -0.323 e. The third kappa shape index (κ3) is 2.94. The van der Waals surface area contributed by atoms with Crippen molar-refractivity contribution >= 4 is 10.8 Å². The van der Waals surface area contributed by atoms with Gasteiger partial charge in [-0.05, 0) is 42.0 Å². The molecule has 1 aliphatic carbocycles. The fourth-order valence-electron chi connectivity index (χ4n) is 3.09. The van der Waals surface area contributed by atoms with E-state index in [-0.39, 0.29) is 11.3 Å². The first kappa shape index (κ1) is 14.5. The van der Waals surface area contributed by atoms with E-state index in [0.29, 0.717) is 5.75 Å². The smallest absolute Gasteiger partial charge is 0.0547 e. The van der Waals surface area contributed by atoms with E-state index in [1.54, 1.807) is 0 Å². The molecule has 2 N–H and O–H groups in total. The van der Waals surface area contributed by atoms with Crippen LogP contribution in [0.4, 0.5) is 0 Å². The molecule has 3 rings (SSSR count). The topological polar surface area (TPSA) is 43.1 Å². The molecule has 0 saturated heterocycles. The number of benzene rings is 2. The van der Waals surface area contributed by atoms with E-state index < -0.39 is 10.8 Å². The first-order valence-electron chi connectivity index (χ1n) is 7.42. The summed E-state index contributed by atoms with van der Waals surface area (Å²) in [5.74, 6) is 0.604. The third-order valence-electron chi connectivity index (χ3n) is 4.41. The molecular weight excluding hydrogens is 278 g/mol. The molecule has 110 valence electrons. The van der Waals surface area contributed by atoms with Gasteiger partial charge in [-0.3, -0.25) is 4.21 Å². The van der Waals surface area contributed by atoms with Crippen LogP contribution in [0.15, 0.2) is 48.5 Å². The van der Waals surface area contributed by atoms with Crippen molar-refractivity contribution in [3.05, 3.63) is 70.8 Å². The van der Waals surface area contributed by atoms with Gasteiger partial charge >= 0.3 is 0 Å². The maximum atomic E-state index is 12.8. The summed E-state index contributed by atoms with van der Waals surface area (Å²) in [6.07, 6.45) is 1.89. The first-order chi connectivity index (χ1) is 10.2. The molecule has 0 heterocycles. The summed E-state index contributed by atoms with van der Waals surface area (Å²) in [7, 11) is -0.930. The molecule has 0 aliphatic heterocycles. The molecular formula is C18H21NOS. The van der Waals surface area contributed by atoms with Crippen molar-refractivity contribution in [2.45, 2.75) is 36.8 Å². The molecule has 0 aromatic heterocycles. The Morgan fingerprint density at radius 1 is 1.14 bits per heavy atom. The van der Waals surface area contributed by atoms with Crippen molar-refractivity contribution in [2.75, 3.05) is 0 Å². The van der Waals surface area contributed by atoms with Crippen LogP contribution in [-0.2, 0) is 23.0 Å². The summed E-state index contributed by atoms with van der Waals surface area (Å²) >= 11 is 0. The van der Waals surface area contributed by atoms with Gasteiger partial charge in [-0.2, -0.15) is 0 Å². The summed E-state index contributed by atoms with van der Waals surface area (Å²) in [4.78, 5) is 0. The second-order valence-corrected chi connectivity index (χ2v) is 7.41. The van der Waals surface area contributed by atoms with Gasteiger partial charge < -0.3 is 5.73 Å². The van der Waals surface area contributed by atoms with Crippen molar-refractivity contribution in [3.63, 3.8) is 0 Å². The van der Waals surface area contributed by atoms with E-state index in [0.717, 1.165) is 12.8 Å². The van der Waals surface area contributed by atoms with E-state index in [1.807, 2.05) is 18.2 Å². The summed E-state index contributed by atoms with van der Waals surface area (Å²) < 4.78 is 12.8. The Bertz CT molecular complexity index is 668. The van der Waals surface area contributed by atoms with Gasteiger partial charge in [0.15, 0.2) is 0 Å². The van der Waals surface area contributed by atoms with Gasteiger partial charge in [0.25, 0.3) is 0 Å². The Balaban J connectivity index is 1.79. The monoisotopic (exact) mass is 299 g/mol. The highest BCUT2D eigenvalue weighted by molar-refractivity contribution is 7.84. The highest BCUT2D eigenvalue weighted by atomic mass is 32.2. The van der Waals surface area contributed by atoms with Crippen molar-refractivity contribution < 1.29 is 4.21 Å². The summed E-state index contributed by atoms with van der Waals surface area (Å²) in [5, 5.41) is 0.0551. The van der Waals surface area contributed by atoms with E-state index in [9.17, 15) is 4.21 Å². The Hall–Kier alpha value is -1.45. The molecule has 3 unspecified atom stereocenters. The Kier molecular flexibility index (Phi) is 4.22. The van der Waals surface area contributed by atoms with Gasteiger partial charge in [-0.1, -0.05) is 48.5 Å². The molecule has 0 fully saturated rings. The fourth-order valence-corrected chi connectivity index (χ4v) is 4.79. The van der Waals surface area contributed by atoms with E-state index in [2.05, 4.69) is 37.3 Å². The molecule has 3 heteroatoms. The predicted octanol–water partition coefficient (Wildman–Crippen LogP) is 3.26. The molecule has 2 aromatic carbocycles. The zero-order valence-electron chi connectivity index (χ0n) is 12.3. The second-order valence-electron chi connectivity index (χ2n) is 5.75. The lowest BCUT2D eigenvalue weighted by molar-refractivity contribution is 0.562. The van der Waals surface area contributed by atoms with Crippen LogP contribution in [0.5, 0.6) is 0 Å². The Morgan fingerprint density at radius 2 is 1.86 bits per heavy atom. The highest BCUT2D eigenvalue weighted by Crippen LogP contribution is 2.32. The number of hydrogen-bond acceptors (Lipinski definition) is 2. The van der Waals surface area contributed by atoms with Crippen LogP contribution in [0.2, 0.25) is 0 Å². The predicted molar refractivity (Wildman–Crippen MR) is 88.5 cm³/mol. The average molecular weight is 299 g/mol. The van der Waals surface area contributed by atoms with Crippen molar-refractivity contribution in [2.24, 2.45) is 5.73 Å². The highest BCUT2D eigenvalue weighted by Gasteiger charge is 2.30. The van der Waals surface area contributed by atoms with Gasteiger partial charge in [-0.15, -0.1) is 0 Å². The fraction of sp³-hybridized carbons (Fsp3) is 0.333. The van der Waals surface area contributed by atoms with Crippen LogP contribution in [0, 0.1) is 6.92 Å². The number of fused-ring (bicyclic) bond motifs is 1. The molecule has 0 saturated carbocycles. The van der Waals surface area contributed by atoms with Crippen LogP contribution in [0.1, 0.15) is 34.7 Å². The van der Waals surface area contributed by atoms with Crippen LogP contribution in [0.3, 0.4) is 0 Å². The largest absolute Gasteiger partial charge is 0.323 e. The van der Waals surface area contributed by atoms with Gasteiger partial charge in [0.1, 0.15) is 0 Å². The summed E-state index contributed by atoms with van der Waals surface area (Å²) in [5.41, 5.74) is 11.2. The maximum Gasteiger partial charge on any atom is 0.0547 e. The van der Waals surface area contributed by atoms with Crippen LogP contribution >= 0.6 is 0 Å². The molecule has 2 aromatic rings. The third-order valence-corrected chi connectivity index (χ3v) is 6.21. The quantitative estimate of drug-likeness (QED) is 0.945. The number of nitrogens with two attached hydrogens (primary N) is 1. The lowest BCUT2D eigenvalue weighted by atomic mass is 9.88. The van der Waals surface area contributed by atoms with Gasteiger partial charge in [0.2, 0.25) is 0 Å². The van der Waals surface area contributed by atoms with Gasteiger partial charge in [-0.25, -0.2) is 0 Å². The summed E-state index contributed by atoms with van der Waals surface area (Å²) in [6.45, 7) is 2.07. The molecule has 0 amide bonds. The lowest BCUT2D eigenvalue weighted by Gasteiger charge is -2.30. The standard InChI is InChI=1S/C18H21NOS/c1-13-6-2-3-8-15(13)12-21(20)17-11-10-14-7-4-5-9-16(14)18(17)19/h2-9,17-18H,10-12,19H2,1H3. The summed E-state index contributed by atoms with van der Waals surface area (Å²) in [6, 6.07) is 16.3. The van der Waals surface area contributed by atoms with Crippen LogP contribution in [0.25, 0.3) is 0 Å². The van der Waals surface area contributed by atoms with E-state index in [1.165, 1.54) is 22.3 Å². The van der Waals surface area contributed by atoms with Crippen molar-refractivity contribution in [1.29, 1.82) is 0 Å². The van der Waals surface area contributed by atoms with Gasteiger partial charge in [0.05, 0.1) is 5.25 Å². The Labute approximate surface area is 128 Å². The molecule has 1 aliphatic rings. The number of rotatable bonds is 3.